The van der Waals surface area contributed by atoms with Crippen LogP contribution in [-0.4, -0.2) is 16.9 Å². The van der Waals surface area contributed by atoms with E-state index in [0.717, 1.165) is 28.3 Å². The predicted molar refractivity (Wildman–Crippen MR) is 79.2 cm³/mol. The maximum absolute atomic E-state index is 9.38. The number of allylic oxidation sites excluding steroid dienone is 1. The summed E-state index contributed by atoms with van der Waals surface area (Å²) in [6.45, 7) is 3.94. The molecule has 0 aliphatic heterocycles. The minimum absolute atomic E-state index is 0.617. The highest BCUT2D eigenvalue weighted by Gasteiger charge is 2.09. The second-order valence-electron chi connectivity index (χ2n) is 4.61. The van der Waals surface area contributed by atoms with Gasteiger partial charge in [0.1, 0.15) is 5.75 Å². The molecule has 0 fully saturated rings. The van der Waals surface area contributed by atoms with Crippen LogP contribution in [0.5, 0.6) is 5.75 Å². The van der Waals surface area contributed by atoms with Crippen LogP contribution < -0.4 is 4.74 Å². The van der Waals surface area contributed by atoms with E-state index in [0.29, 0.717) is 5.57 Å². The van der Waals surface area contributed by atoms with Gasteiger partial charge < -0.3 is 4.74 Å². The summed E-state index contributed by atoms with van der Waals surface area (Å²) < 4.78 is 6.95. The van der Waals surface area contributed by atoms with Gasteiger partial charge >= 0.3 is 0 Å². The van der Waals surface area contributed by atoms with Gasteiger partial charge in [0.15, 0.2) is 0 Å². The number of aryl methyl sites for hydroxylation is 2. The molecule has 0 unspecified atom stereocenters. The zero-order chi connectivity index (χ0) is 14.7. The molecular formula is C16H17N3O. The zero-order valence-electron chi connectivity index (χ0n) is 12.1. The number of nitriles is 1. The SMILES string of the molecule is COc1ccc(C(C#N)=Cc2c(C)nn(C)c2C)cc1. The lowest BCUT2D eigenvalue weighted by molar-refractivity contribution is 0.415. The number of nitrogens with zero attached hydrogens (tertiary/aromatic N) is 3. The van der Waals surface area contributed by atoms with Crippen LogP contribution in [0.25, 0.3) is 11.6 Å². The van der Waals surface area contributed by atoms with Crippen molar-refractivity contribution in [2.45, 2.75) is 13.8 Å². The second-order valence-corrected chi connectivity index (χ2v) is 4.61. The molecule has 0 atom stereocenters. The Morgan fingerprint density at radius 2 is 1.95 bits per heavy atom. The molecule has 4 nitrogen and oxygen atoms in total. The van der Waals surface area contributed by atoms with Gasteiger partial charge in [-0.05, 0) is 49.8 Å². The largest absolute Gasteiger partial charge is 0.497 e. The highest BCUT2D eigenvalue weighted by Crippen LogP contribution is 2.23. The first-order chi connectivity index (χ1) is 9.56. The fourth-order valence-corrected chi connectivity index (χ4v) is 2.09. The molecule has 0 aliphatic rings. The zero-order valence-corrected chi connectivity index (χ0v) is 12.1. The normalized spacial score (nSPS) is 11.2. The van der Waals surface area contributed by atoms with E-state index in [9.17, 15) is 5.26 Å². The molecule has 0 aliphatic carbocycles. The Kier molecular flexibility index (Phi) is 3.90. The van der Waals surface area contributed by atoms with Crippen LogP contribution in [0.2, 0.25) is 0 Å². The highest BCUT2D eigenvalue weighted by molar-refractivity contribution is 5.90. The van der Waals surface area contributed by atoms with E-state index in [2.05, 4.69) is 11.2 Å². The summed E-state index contributed by atoms with van der Waals surface area (Å²) in [7, 11) is 3.53. The maximum atomic E-state index is 9.38. The Bertz CT molecular complexity index is 688. The van der Waals surface area contributed by atoms with Crippen molar-refractivity contribution in [1.29, 1.82) is 5.26 Å². The van der Waals surface area contributed by atoms with Gasteiger partial charge in [-0.15, -0.1) is 0 Å². The van der Waals surface area contributed by atoms with Gasteiger partial charge in [0.05, 0.1) is 24.4 Å². The average molecular weight is 267 g/mol. The molecule has 0 spiro atoms. The molecule has 1 aromatic heterocycles. The van der Waals surface area contributed by atoms with Crippen LogP contribution in [0.4, 0.5) is 0 Å². The molecule has 2 rings (SSSR count). The summed E-state index contributed by atoms with van der Waals surface area (Å²) in [6.07, 6.45) is 1.89. The lowest BCUT2D eigenvalue weighted by atomic mass is 10.0. The molecule has 0 saturated carbocycles. The van der Waals surface area contributed by atoms with Crippen LogP contribution in [0, 0.1) is 25.2 Å². The summed E-state index contributed by atoms with van der Waals surface area (Å²) >= 11 is 0. The fraction of sp³-hybridized carbons (Fsp3) is 0.250. The molecule has 0 amide bonds. The third kappa shape index (κ3) is 2.57. The number of methoxy groups -OCH3 is 1. The third-order valence-electron chi connectivity index (χ3n) is 3.38. The average Bonchev–Trinajstić information content (AvgIpc) is 2.70. The third-order valence-corrected chi connectivity index (χ3v) is 3.38. The summed E-state index contributed by atoms with van der Waals surface area (Å²) in [5, 5.41) is 13.7. The van der Waals surface area contributed by atoms with Gasteiger partial charge in [0, 0.05) is 18.3 Å². The lowest BCUT2D eigenvalue weighted by Crippen LogP contribution is -1.92. The summed E-state index contributed by atoms with van der Waals surface area (Å²) in [4.78, 5) is 0. The van der Waals surface area contributed by atoms with E-state index in [1.54, 1.807) is 7.11 Å². The molecule has 1 heterocycles. The highest BCUT2D eigenvalue weighted by atomic mass is 16.5. The molecular weight excluding hydrogens is 250 g/mol. The van der Waals surface area contributed by atoms with Crippen molar-refractivity contribution in [2.24, 2.45) is 7.05 Å². The fourth-order valence-electron chi connectivity index (χ4n) is 2.09. The minimum atomic E-state index is 0.617. The molecule has 102 valence electrons. The van der Waals surface area contributed by atoms with E-state index >= 15 is 0 Å². The van der Waals surface area contributed by atoms with E-state index in [1.165, 1.54) is 0 Å². The molecule has 2 aromatic rings. The second kappa shape index (κ2) is 5.62. The first-order valence-electron chi connectivity index (χ1n) is 6.33. The predicted octanol–water partition coefficient (Wildman–Crippen LogP) is 3.11. The van der Waals surface area contributed by atoms with E-state index in [1.807, 2.05) is 55.9 Å². The minimum Gasteiger partial charge on any atom is -0.497 e. The maximum Gasteiger partial charge on any atom is 0.118 e. The number of aromatic nitrogens is 2. The van der Waals surface area contributed by atoms with E-state index in [-0.39, 0.29) is 0 Å². The molecule has 20 heavy (non-hydrogen) atoms. The molecule has 0 N–H and O–H groups in total. The first-order valence-corrected chi connectivity index (χ1v) is 6.33. The van der Waals surface area contributed by atoms with E-state index < -0.39 is 0 Å². The van der Waals surface area contributed by atoms with Crippen molar-refractivity contribution in [3.05, 3.63) is 46.8 Å². The number of hydrogen-bond acceptors (Lipinski definition) is 3. The lowest BCUT2D eigenvalue weighted by Gasteiger charge is -2.03. The van der Waals surface area contributed by atoms with Crippen LogP contribution in [-0.2, 0) is 7.05 Å². The van der Waals surface area contributed by atoms with Crippen molar-refractivity contribution in [2.75, 3.05) is 7.11 Å². The number of benzene rings is 1. The molecule has 4 heteroatoms. The smallest absolute Gasteiger partial charge is 0.118 e. The summed E-state index contributed by atoms with van der Waals surface area (Å²) in [5.74, 6) is 0.778. The standard InChI is InChI=1S/C16H17N3O/c1-11-16(12(2)19(3)18-11)9-14(10-17)13-5-7-15(20-4)8-6-13/h5-9H,1-4H3. The van der Waals surface area contributed by atoms with Crippen LogP contribution in [0.1, 0.15) is 22.5 Å². The molecule has 0 bridgehead atoms. The van der Waals surface area contributed by atoms with Crippen molar-refractivity contribution in [1.82, 2.24) is 9.78 Å². The summed E-state index contributed by atoms with van der Waals surface area (Å²) in [5.41, 5.74) is 4.46. The van der Waals surface area contributed by atoms with Gasteiger partial charge in [-0.25, -0.2) is 0 Å². The monoisotopic (exact) mass is 267 g/mol. The van der Waals surface area contributed by atoms with Gasteiger partial charge in [-0.1, -0.05) is 0 Å². The van der Waals surface area contributed by atoms with Gasteiger partial charge in [0.2, 0.25) is 0 Å². The Morgan fingerprint density at radius 1 is 1.30 bits per heavy atom. The van der Waals surface area contributed by atoms with Crippen molar-refractivity contribution in [3.8, 4) is 11.8 Å². The van der Waals surface area contributed by atoms with E-state index in [4.69, 9.17) is 4.74 Å². The summed E-state index contributed by atoms with van der Waals surface area (Å²) in [6, 6.07) is 9.72. The molecule has 0 radical (unpaired) electrons. The van der Waals surface area contributed by atoms with Crippen LogP contribution >= 0.6 is 0 Å². The Hall–Kier alpha value is -2.54. The molecule has 1 aromatic carbocycles. The first kappa shape index (κ1) is 13.9. The van der Waals surface area contributed by atoms with Gasteiger partial charge in [-0.3, -0.25) is 4.68 Å². The Balaban J connectivity index is 2.46. The topological polar surface area (TPSA) is 50.8 Å². The molecule has 0 saturated heterocycles. The van der Waals surface area contributed by atoms with Crippen molar-refractivity contribution in [3.63, 3.8) is 0 Å². The Morgan fingerprint density at radius 3 is 2.40 bits per heavy atom. The van der Waals surface area contributed by atoms with Gasteiger partial charge in [-0.2, -0.15) is 10.4 Å². The van der Waals surface area contributed by atoms with Gasteiger partial charge in [0.25, 0.3) is 0 Å². The quantitative estimate of drug-likeness (QED) is 0.803. The van der Waals surface area contributed by atoms with Crippen molar-refractivity contribution < 1.29 is 4.74 Å². The number of ether oxygens (including phenoxy) is 1. The van der Waals surface area contributed by atoms with Crippen molar-refractivity contribution >= 4 is 11.6 Å². The Labute approximate surface area is 118 Å². The number of rotatable bonds is 3. The number of hydrogen-bond donors (Lipinski definition) is 0. The van der Waals surface area contributed by atoms with Crippen LogP contribution in [0.3, 0.4) is 0 Å². The van der Waals surface area contributed by atoms with Crippen LogP contribution in [0.15, 0.2) is 24.3 Å².